The highest BCUT2D eigenvalue weighted by molar-refractivity contribution is 7.22. The highest BCUT2D eigenvalue weighted by Crippen LogP contribution is 2.34. The molecule has 29 heavy (non-hydrogen) atoms. The van der Waals surface area contributed by atoms with Crippen LogP contribution in [0.4, 0.5) is 5.13 Å². The average Bonchev–Trinajstić information content (AvgIpc) is 3.22. The first-order chi connectivity index (χ1) is 14.2. The van der Waals surface area contributed by atoms with Gasteiger partial charge >= 0.3 is 5.97 Å². The first-order valence-electron chi connectivity index (χ1n) is 9.65. The number of piperidine rings is 1. The number of carbonyl (C=O) groups is 2. The summed E-state index contributed by atoms with van der Waals surface area (Å²) in [6, 6.07) is 11.4. The molecule has 0 unspecified atom stereocenters. The maximum atomic E-state index is 12.8. The predicted molar refractivity (Wildman–Crippen MR) is 113 cm³/mol. The van der Waals surface area contributed by atoms with Crippen LogP contribution in [0.2, 0.25) is 0 Å². The molecule has 3 heterocycles. The van der Waals surface area contributed by atoms with Crippen molar-refractivity contribution in [3.05, 3.63) is 42.0 Å². The highest BCUT2D eigenvalue weighted by Gasteiger charge is 2.22. The summed E-state index contributed by atoms with van der Waals surface area (Å²) < 4.78 is 5.91. The van der Waals surface area contributed by atoms with Crippen LogP contribution < -0.4 is 10.2 Å². The molecule has 1 fully saturated rings. The number of hydrogen-bond acceptors (Lipinski definition) is 7. The number of pyridine rings is 1. The third-order valence-corrected chi connectivity index (χ3v) is 6.02. The number of nitrogens with zero attached hydrogens (tertiary/aromatic N) is 3. The van der Waals surface area contributed by atoms with E-state index in [1.807, 2.05) is 30.3 Å². The summed E-state index contributed by atoms with van der Waals surface area (Å²) >= 11 is 1.45. The van der Waals surface area contributed by atoms with Gasteiger partial charge < -0.3 is 15.0 Å². The average molecular weight is 410 g/mol. The standard InChI is InChI=1S/C21H22N4O3S/c1-22-17(26)13-28-20(27)15-12-16(14-8-4-2-5-9-14)23-19-18(15)29-21(24-19)25-10-6-3-7-11-25/h2,4-5,8-9,12H,3,6-7,10-11,13H2,1H3,(H,22,26). The number of anilines is 1. The fourth-order valence-electron chi connectivity index (χ4n) is 3.31. The Labute approximate surface area is 172 Å². The molecule has 1 N–H and O–H groups in total. The van der Waals surface area contributed by atoms with Crippen molar-refractivity contribution in [1.29, 1.82) is 0 Å². The lowest BCUT2D eigenvalue weighted by Crippen LogP contribution is -2.29. The van der Waals surface area contributed by atoms with Crippen molar-refractivity contribution in [1.82, 2.24) is 15.3 Å². The van der Waals surface area contributed by atoms with Crippen LogP contribution in [-0.4, -0.2) is 48.6 Å². The molecule has 1 saturated heterocycles. The topological polar surface area (TPSA) is 84.4 Å². The Hall–Kier alpha value is -3.00. The van der Waals surface area contributed by atoms with Crippen LogP contribution in [0.15, 0.2) is 36.4 Å². The van der Waals surface area contributed by atoms with Crippen LogP contribution >= 0.6 is 11.3 Å². The molecule has 0 atom stereocenters. The fraction of sp³-hybridized carbons (Fsp3) is 0.333. The SMILES string of the molecule is CNC(=O)COC(=O)c1cc(-c2ccccc2)nc2nc(N3CCCCC3)sc12. The lowest BCUT2D eigenvalue weighted by atomic mass is 10.1. The van der Waals surface area contributed by atoms with E-state index in [9.17, 15) is 9.59 Å². The number of amides is 1. The summed E-state index contributed by atoms with van der Waals surface area (Å²) in [6.07, 6.45) is 3.51. The molecule has 1 aliphatic rings. The Morgan fingerprint density at radius 3 is 2.62 bits per heavy atom. The lowest BCUT2D eigenvalue weighted by Gasteiger charge is -2.25. The fourth-order valence-corrected chi connectivity index (χ4v) is 4.37. The molecule has 3 aromatic rings. The van der Waals surface area contributed by atoms with Crippen molar-refractivity contribution in [2.45, 2.75) is 19.3 Å². The number of fused-ring (bicyclic) bond motifs is 1. The van der Waals surface area contributed by atoms with Gasteiger partial charge in [-0.25, -0.2) is 9.78 Å². The number of likely N-dealkylation sites (N-methyl/N-ethyl adjacent to an activating group) is 1. The molecular formula is C21H22N4O3S. The zero-order chi connectivity index (χ0) is 20.2. The van der Waals surface area contributed by atoms with Crippen molar-refractivity contribution in [3.63, 3.8) is 0 Å². The van der Waals surface area contributed by atoms with E-state index in [0.29, 0.717) is 21.6 Å². The molecule has 4 rings (SSSR count). The molecule has 0 spiro atoms. The second-order valence-corrected chi connectivity index (χ2v) is 7.84. The number of benzene rings is 1. The van der Waals surface area contributed by atoms with Crippen LogP contribution in [0, 0.1) is 0 Å². The normalized spacial score (nSPS) is 14.0. The third kappa shape index (κ3) is 4.22. The van der Waals surface area contributed by atoms with Crippen molar-refractivity contribution in [2.75, 3.05) is 31.6 Å². The van der Waals surface area contributed by atoms with E-state index in [1.54, 1.807) is 6.07 Å². The van der Waals surface area contributed by atoms with E-state index in [1.165, 1.54) is 24.8 Å². The van der Waals surface area contributed by atoms with Crippen molar-refractivity contribution in [3.8, 4) is 11.3 Å². The number of esters is 1. The second kappa shape index (κ2) is 8.57. The summed E-state index contributed by atoms with van der Waals surface area (Å²) in [5.41, 5.74) is 2.46. The number of ether oxygens (including phenoxy) is 1. The van der Waals surface area contributed by atoms with Gasteiger partial charge in [0.25, 0.3) is 5.91 Å². The minimum absolute atomic E-state index is 0.322. The van der Waals surface area contributed by atoms with Gasteiger partial charge in [-0.2, -0.15) is 4.98 Å². The maximum Gasteiger partial charge on any atom is 0.340 e. The summed E-state index contributed by atoms with van der Waals surface area (Å²) in [7, 11) is 1.50. The largest absolute Gasteiger partial charge is 0.452 e. The molecular weight excluding hydrogens is 388 g/mol. The van der Waals surface area contributed by atoms with Gasteiger partial charge in [-0.15, -0.1) is 0 Å². The van der Waals surface area contributed by atoms with Crippen LogP contribution in [0.1, 0.15) is 29.6 Å². The Bertz CT molecular complexity index is 1030. The van der Waals surface area contributed by atoms with E-state index in [-0.39, 0.29) is 12.5 Å². The van der Waals surface area contributed by atoms with Crippen molar-refractivity contribution < 1.29 is 14.3 Å². The zero-order valence-electron chi connectivity index (χ0n) is 16.2. The molecule has 7 nitrogen and oxygen atoms in total. The predicted octanol–water partition coefficient (Wildman–Crippen LogP) is 3.25. The van der Waals surface area contributed by atoms with Gasteiger partial charge in [0.05, 0.1) is 16.0 Å². The highest BCUT2D eigenvalue weighted by atomic mass is 32.1. The lowest BCUT2D eigenvalue weighted by molar-refractivity contribution is -0.123. The zero-order valence-corrected chi connectivity index (χ0v) is 17.0. The molecule has 2 aromatic heterocycles. The van der Waals surface area contributed by atoms with Crippen LogP contribution in [0.5, 0.6) is 0 Å². The van der Waals surface area contributed by atoms with Gasteiger partial charge in [0.15, 0.2) is 17.4 Å². The Morgan fingerprint density at radius 2 is 1.90 bits per heavy atom. The van der Waals surface area contributed by atoms with Gasteiger partial charge in [-0.05, 0) is 25.3 Å². The first-order valence-corrected chi connectivity index (χ1v) is 10.5. The van der Waals surface area contributed by atoms with Gasteiger partial charge in [-0.3, -0.25) is 4.79 Å². The molecule has 0 aliphatic carbocycles. The van der Waals surface area contributed by atoms with Gasteiger partial charge in [0.2, 0.25) is 0 Å². The van der Waals surface area contributed by atoms with Gasteiger partial charge in [0.1, 0.15) is 0 Å². The number of hydrogen-bond donors (Lipinski definition) is 1. The molecule has 8 heteroatoms. The van der Waals surface area contributed by atoms with E-state index in [4.69, 9.17) is 14.7 Å². The molecule has 0 bridgehead atoms. The van der Waals surface area contributed by atoms with E-state index >= 15 is 0 Å². The maximum absolute atomic E-state index is 12.8. The number of thiazole rings is 1. The summed E-state index contributed by atoms with van der Waals surface area (Å²) in [5, 5.41) is 3.32. The molecule has 1 amide bonds. The summed E-state index contributed by atoms with van der Waals surface area (Å²) in [6.45, 7) is 1.60. The van der Waals surface area contributed by atoms with Gasteiger partial charge in [0, 0.05) is 25.7 Å². The first kappa shape index (κ1) is 19.3. The third-order valence-electron chi connectivity index (χ3n) is 4.88. The molecule has 1 aliphatic heterocycles. The van der Waals surface area contributed by atoms with Crippen LogP contribution in [-0.2, 0) is 9.53 Å². The number of rotatable bonds is 5. The number of nitrogens with one attached hydrogen (secondary N) is 1. The number of aromatic nitrogens is 2. The van der Waals surface area contributed by atoms with E-state index < -0.39 is 5.97 Å². The molecule has 0 radical (unpaired) electrons. The summed E-state index contributed by atoms with van der Waals surface area (Å²) in [5.74, 6) is -0.905. The van der Waals surface area contributed by atoms with Crippen molar-refractivity contribution in [2.24, 2.45) is 0 Å². The number of carbonyl (C=O) groups excluding carboxylic acids is 2. The molecule has 1 aromatic carbocycles. The van der Waals surface area contributed by atoms with E-state index in [0.717, 1.165) is 36.6 Å². The van der Waals surface area contributed by atoms with Crippen LogP contribution in [0.25, 0.3) is 21.6 Å². The minimum Gasteiger partial charge on any atom is -0.452 e. The quantitative estimate of drug-likeness (QED) is 0.650. The smallest absolute Gasteiger partial charge is 0.340 e. The summed E-state index contributed by atoms with van der Waals surface area (Å²) in [4.78, 5) is 35.9. The van der Waals surface area contributed by atoms with Crippen molar-refractivity contribution >= 4 is 38.7 Å². The molecule has 0 saturated carbocycles. The van der Waals surface area contributed by atoms with Crippen LogP contribution in [0.3, 0.4) is 0 Å². The van der Waals surface area contributed by atoms with E-state index in [2.05, 4.69) is 10.2 Å². The van der Waals surface area contributed by atoms with Gasteiger partial charge in [-0.1, -0.05) is 41.7 Å². The Kier molecular flexibility index (Phi) is 5.71. The monoisotopic (exact) mass is 410 g/mol. The Balaban J connectivity index is 1.76. The molecule has 150 valence electrons. The minimum atomic E-state index is -0.549. The second-order valence-electron chi connectivity index (χ2n) is 6.87. The Morgan fingerprint density at radius 1 is 1.14 bits per heavy atom.